The molecule has 0 saturated carbocycles. The zero-order chi connectivity index (χ0) is 46.7. The first-order valence-electron chi connectivity index (χ1n) is 23.7. The van der Waals surface area contributed by atoms with Crippen LogP contribution < -0.4 is 0 Å². The molecule has 0 amide bonds. The summed E-state index contributed by atoms with van der Waals surface area (Å²) in [5.41, 5.74) is 12.0. The average molecular weight is 895 g/mol. The molecular formula is C60H54N4O4. The van der Waals surface area contributed by atoms with Crippen LogP contribution in [0.4, 0.5) is 0 Å². The van der Waals surface area contributed by atoms with Crippen molar-refractivity contribution in [3.05, 3.63) is 156 Å². The summed E-state index contributed by atoms with van der Waals surface area (Å²) in [6.45, 7) is 19.1. The summed E-state index contributed by atoms with van der Waals surface area (Å²) in [6, 6.07) is 48.8. The van der Waals surface area contributed by atoms with Gasteiger partial charge in [-0.1, -0.05) is 72.8 Å². The van der Waals surface area contributed by atoms with Gasteiger partial charge in [0, 0.05) is 22.3 Å². The number of rotatable bonds is 8. The predicted molar refractivity (Wildman–Crippen MR) is 278 cm³/mol. The molecule has 8 nitrogen and oxygen atoms in total. The molecule has 4 aliphatic heterocycles. The van der Waals surface area contributed by atoms with Crippen LogP contribution in [0.5, 0.6) is 0 Å². The van der Waals surface area contributed by atoms with Gasteiger partial charge in [-0.2, -0.15) is 0 Å². The minimum Gasteiger partial charge on any atom is -0.475 e. The molecule has 0 fully saturated rings. The van der Waals surface area contributed by atoms with E-state index in [0.29, 0.717) is 50.0 Å². The van der Waals surface area contributed by atoms with E-state index < -0.39 is 0 Å². The fourth-order valence-electron chi connectivity index (χ4n) is 10.0. The SMILES string of the molecule is CC1(C)COC(c2ccc(-c3cc(-c4ccc(C5=NC(C)(C)CO5)cc4)c4ccc5c(-c6ccc(C7=NC(C)(C)CO7)cc6)cc(-c6ccc(C7=NC(C)(C)CO7)cc6)c6ccc3c4c65)cc2)=N1. The minimum absolute atomic E-state index is 0.244. The summed E-state index contributed by atoms with van der Waals surface area (Å²) in [5, 5.41) is 7.18. The third-order valence-electron chi connectivity index (χ3n) is 13.5. The molecule has 0 unspecified atom stereocenters. The highest BCUT2D eigenvalue weighted by Crippen LogP contribution is 2.49. The molecule has 68 heavy (non-hydrogen) atoms. The second-order valence-corrected chi connectivity index (χ2v) is 21.4. The number of hydrogen-bond acceptors (Lipinski definition) is 8. The molecule has 4 aliphatic rings. The van der Waals surface area contributed by atoms with E-state index in [1.807, 2.05) is 0 Å². The van der Waals surface area contributed by atoms with Gasteiger partial charge in [-0.05, 0) is 193 Å². The van der Waals surface area contributed by atoms with Crippen LogP contribution >= 0.6 is 0 Å². The Kier molecular flexibility index (Phi) is 9.34. The van der Waals surface area contributed by atoms with Crippen LogP contribution in [0, 0.1) is 0 Å². The molecule has 12 rings (SSSR count). The Hall–Kier alpha value is -7.32. The van der Waals surface area contributed by atoms with Gasteiger partial charge in [0.15, 0.2) is 0 Å². The van der Waals surface area contributed by atoms with Crippen molar-refractivity contribution < 1.29 is 18.9 Å². The minimum atomic E-state index is -0.244. The third kappa shape index (κ3) is 7.38. The maximum atomic E-state index is 6.07. The second kappa shape index (κ2) is 15.1. The van der Waals surface area contributed by atoms with E-state index in [9.17, 15) is 0 Å². The van der Waals surface area contributed by atoms with Crippen LogP contribution in [0.15, 0.2) is 153 Å². The van der Waals surface area contributed by atoms with Crippen LogP contribution in [0.1, 0.15) is 77.6 Å². The monoisotopic (exact) mass is 894 g/mol. The summed E-state index contributed by atoms with van der Waals surface area (Å²) in [4.78, 5) is 19.5. The largest absolute Gasteiger partial charge is 0.475 e. The van der Waals surface area contributed by atoms with Crippen molar-refractivity contribution in [2.45, 2.75) is 77.5 Å². The molecular weight excluding hydrogens is 841 g/mol. The second-order valence-electron chi connectivity index (χ2n) is 21.4. The van der Waals surface area contributed by atoms with E-state index >= 15 is 0 Å². The fourth-order valence-corrected chi connectivity index (χ4v) is 10.0. The molecule has 4 heterocycles. The van der Waals surface area contributed by atoms with Crippen LogP contribution in [-0.4, -0.2) is 72.2 Å². The standard InChI is InChI=1S/C60H54N4O4/c1-57(2)31-65-53(61-57)39-17-9-35(10-18-39)47-29-48(36-11-19-40(20-12-36)54-62-58(3,4)32-66-54)44-27-28-46-50(38-15-23-42(24-16-38)56-64-60(7,8)34-68-56)30-49(45-26-25-43(47)51(44)52(45)46)37-13-21-41(22-14-37)55-63-59(5,6)33-67-55/h9-30H,31-34H2,1-8H3. The Balaban J connectivity index is 1.08. The first-order chi connectivity index (χ1) is 32.6. The molecule has 0 aliphatic carbocycles. The van der Waals surface area contributed by atoms with E-state index in [0.717, 1.165) is 66.8 Å². The highest BCUT2D eigenvalue weighted by Gasteiger charge is 2.31. The van der Waals surface area contributed by atoms with Crippen molar-refractivity contribution in [2.75, 3.05) is 26.4 Å². The van der Waals surface area contributed by atoms with E-state index in [-0.39, 0.29) is 22.2 Å². The molecule has 8 heteroatoms. The van der Waals surface area contributed by atoms with Crippen LogP contribution in [-0.2, 0) is 18.9 Å². The normalized spacial score (nSPS) is 18.8. The molecule has 338 valence electrons. The number of nitrogens with zero attached hydrogens (tertiary/aromatic N) is 4. The zero-order valence-corrected chi connectivity index (χ0v) is 40.0. The Morgan fingerprint density at radius 3 is 0.647 bits per heavy atom. The first kappa shape index (κ1) is 42.1. The summed E-state index contributed by atoms with van der Waals surface area (Å²) < 4.78 is 24.3. The molecule has 0 aromatic heterocycles. The molecule has 8 aromatic carbocycles. The summed E-state index contributed by atoms with van der Waals surface area (Å²) in [7, 11) is 0. The van der Waals surface area contributed by atoms with Crippen LogP contribution in [0.25, 0.3) is 76.8 Å². The number of benzene rings is 8. The summed E-state index contributed by atoms with van der Waals surface area (Å²) in [6.07, 6.45) is 0. The van der Waals surface area contributed by atoms with E-state index in [1.54, 1.807) is 0 Å². The summed E-state index contributed by atoms with van der Waals surface area (Å²) in [5.74, 6) is 2.77. The Bertz CT molecular complexity index is 3010. The van der Waals surface area contributed by atoms with Gasteiger partial charge in [0.1, 0.15) is 26.4 Å². The van der Waals surface area contributed by atoms with Gasteiger partial charge in [-0.15, -0.1) is 0 Å². The summed E-state index contributed by atoms with van der Waals surface area (Å²) >= 11 is 0. The first-order valence-corrected chi connectivity index (χ1v) is 23.7. The van der Waals surface area contributed by atoms with Gasteiger partial charge in [0.2, 0.25) is 23.6 Å². The Morgan fingerprint density at radius 2 is 0.471 bits per heavy atom. The smallest absolute Gasteiger partial charge is 0.216 e. The van der Waals surface area contributed by atoms with Crippen molar-refractivity contribution in [2.24, 2.45) is 20.0 Å². The van der Waals surface area contributed by atoms with Gasteiger partial charge in [-0.25, -0.2) is 20.0 Å². The predicted octanol–water partition coefficient (Wildman–Crippen LogP) is 13.5. The van der Waals surface area contributed by atoms with Crippen LogP contribution in [0.3, 0.4) is 0 Å². The molecule has 0 N–H and O–H groups in total. The fraction of sp³-hybridized carbons (Fsp3) is 0.267. The number of ether oxygens (including phenoxy) is 4. The van der Waals surface area contributed by atoms with E-state index in [2.05, 4.69) is 189 Å². The Labute approximate surface area is 397 Å². The van der Waals surface area contributed by atoms with Gasteiger partial charge in [0.25, 0.3) is 0 Å². The maximum Gasteiger partial charge on any atom is 0.216 e. The maximum absolute atomic E-state index is 6.07. The highest BCUT2D eigenvalue weighted by molar-refractivity contribution is 6.32. The van der Waals surface area contributed by atoms with E-state index in [4.69, 9.17) is 38.9 Å². The van der Waals surface area contributed by atoms with Gasteiger partial charge >= 0.3 is 0 Å². The van der Waals surface area contributed by atoms with Gasteiger partial charge < -0.3 is 18.9 Å². The topological polar surface area (TPSA) is 86.4 Å². The van der Waals surface area contributed by atoms with Gasteiger partial charge in [0.05, 0.1) is 22.2 Å². The number of aliphatic imine (C=N–C) groups is 4. The van der Waals surface area contributed by atoms with Crippen molar-refractivity contribution in [3.63, 3.8) is 0 Å². The molecule has 0 bridgehead atoms. The van der Waals surface area contributed by atoms with E-state index in [1.165, 1.54) is 32.3 Å². The highest BCUT2D eigenvalue weighted by atomic mass is 16.5. The van der Waals surface area contributed by atoms with Crippen molar-refractivity contribution in [3.8, 4) is 44.5 Å². The molecule has 0 spiro atoms. The average Bonchev–Trinajstić information content (AvgIpc) is 4.11. The Morgan fingerprint density at radius 1 is 0.279 bits per heavy atom. The molecule has 0 radical (unpaired) electrons. The lowest BCUT2D eigenvalue weighted by Gasteiger charge is -2.22. The van der Waals surface area contributed by atoms with Crippen molar-refractivity contribution >= 4 is 55.9 Å². The van der Waals surface area contributed by atoms with Gasteiger partial charge in [-0.3, -0.25) is 0 Å². The van der Waals surface area contributed by atoms with Crippen molar-refractivity contribution in [1.82, 2.24) is 0 Å². The third-order valence-corrected chi connectivity index (χ3v) is 13.5. The lowest BCUT2D eigenvalue weighted by Crippen LogP contribution is -2.17. The number of hydrogen-bond donors (Lipinski definition) is 0. The molecule has 0 atom stereocenters. The molecule has 8 aromatic rings. The molecule has 0 saturated heterocycles. The quantitative estimate of drug-likeness (QED) is 0.142. The van der Waals surface area contributed by atoms with Crippen LogP contribution in [0.2, 0.25) is 0 Å². The lowest BCUT2D eigenvalue weighted by molar-refractivity contribution is 0.279. The lowest BCUT2D eigenvalue weighted by atomic mass is 9.81. The zero-order valence-electron chi connectivity index (χ0n) is 40.0. The van der Waals surface area contributed by atoms with Crippen molar-refractivity contribution in [1.29, 1.82) is 0 Å².